The molecule has 0 aromatic rings. The highest BCUT2D eigenvalue weighted by molar-refractivity contribution is 4.69. The summed E-state index contributed by atoms with van der Waals surface area (Å²) in [6.07, 6.45) is 8.87. The van der Waals surface area contributed by atoms with Crippen molar-refractivity contribution in [1.29, 1.82) is 0 Å². The molecule has 0 N–H and O–H groups in total. The molecule has 1 fully saturated rings. The monoisotopic (exact) mass is 172 g/mol. The van der Waals surface area contributed by atoms with E-state index in [2.05, 4.69) is 13.8 Å². The van der Waals surface area contributed by atoms with Gasteiger partial charge in [0.05, 0.1) is 0 Å². The first-order chi connectivity index (χ1) is 5.83. The molecule has 0 bridgehead atoms. The van der Waals surface area contributed by atoms with E-state index in [1.165, 1.54) is 38.5 Å². The van der Waals surface area contributed by atoms with E-state index in [1.807, 2.05) is 13.8 Å². The molecule has 0 heterocycles. The van der Waals surface area contributed by atoms with E-state index in [1.54, 1.807) is 0 Å². The molecule has 0 nitrogen and oxygen atoms in total. The first kappa shape index (κ1) is 12.0. The lowest BCUT2D eigenvalue weighted by Crippen LogP contribution is -2.11. The topological polar surface area (TPSA) is 0 Å². The second-order valence-electron chi connectivity index (χ2n) is 3.91. The Morgan fingerprint density at radius 2 is 1.58 bits per heavy atom. The minimum Gasteiger partial charge on any atom is -0.0683 e. The maximum absolute atomic E-state index is 2.39. The molecule has 1 saturated carbocycles. The SMILES string of the molecule is CC.CCCC1CCC(C)CC1.[HH]. The second kappa shape index (κ2) is 7.64. The van der Waals surface area contributed by atoms with Crippen molar-refractivity contribution < 1.29 is 1.43 Å². The third-order valence-corrected chi connectivity index (χ3v) is 2.83. The lowest BCUT2D eigenvalue weighted by molar-refractivity contribution is 0.276. The number of rotatable bonds is 2. The summed E-state index contributed by atoms with van der Waals surface area (Å²) in [4.78, 5) is 0. The van der Waals surface area contributed by atoms with Crippen molar-refractivity contribution in [2.75, 3.05) is 0 Å². The Morgan fingerprint density at radius 3 is 2.00 bits per heavy atom. The van der Waals surface area contributed by atoms with E-state index in [0.717, 1.165) is 11.8 Å². The molecule has 1 aliphatic carbocycles. The van der Waals surface area contributed by atoms with Gasteiger partial charge in [-0.25, -0.2) is 0 Å². The van der Waals surface area contributed by atoms with Crippen LogP contribution in [0.3, 0.4) is 0 Å². The fraction of sp³-hybridized carbons (Fsp3) is 1.00. The van der Waals surface area contributed by atoms with Crippen LogP contribution in [0.5, 0.6) is 0 Å². The Balaban J connectivity index is 0. The molecular formula is C12H28. The summed E-state index contributed by atoms with van der Waals surface area (Å²) in [5.74, 6) is 2.11. The zero-order chi connectivity index (χ0) is 9.40. The summed E-state index contributed by atoms with van der Waals surface area (Å²) >= 11 is 0. The van der Waals surface area contributed by atoms with Crippen molar-refractivity contribution >= 4 is 0 Å². The van der Waals surface area contributed by atoms with Crippen molar-refractivity contribution in [3.05, 3.63) is 0 Å². The summed E-state index contributed by atoms with van der Waals surface area (Å²) < 4.78 is 0. The van der Waals surface area contributed by atoms with Crippen molar-refractivity contribution in [2.45, 2.75) is 66.2 Å². The molecule has 0 unspecified atom stereocenters. The fourth-order valence-electron chi connectivity index (χ4n) is 2.03. The minimum atomic E-state index is 0. The summed E-state index contributed by atoms with van der Waals surface area (Å²) in [7, 11) is 0. The van der Waals surface area contributed by atoms with Crippen LogP contribution < -0.4 is 0 Å². The quantitative estimate of drug-likeness (QED) is 0.556. The van der Waals surface area contributed by atoms with Gasteiger partial charge in [0.15, 0.2) is 0 Å². The highest BCUT2D eigenvalue weighted by Crippen LogP contribution is 2.30. The van der Waals surface area contributed by atoms with Gasteiger partial charge in [-0.2, -0.15) is 0 Å². The van der Waals surface area contributed by atoms with Crippen LogP contribution in [0.25, 0.3) is 0 Å². The van der Waals surface area contributed by atoms with E-state index in [9.17, 15) is 0 Å². The van der Waals surface area contributed by atoms with Crippen molar-refractivity contribution in [3.63, 3.8) is 0 Å². The summed E-state index contributed by atoms with van der Waals surface area (Å²) in [5, 5.41) is 0. The standard InChI is InChI=1S/C10H20.C2H6.H2/c1-3-4-10-7-5-9(2)6-8-10;1-2;/h9-10H,3-8H2,1-2H3;1-2H3;1H. The van der Waals surface area contributed by atoms with Gasteiger partial charge in [-0.05, 0) is 11.8 Å². The van der Waals surface area contributed by atoms with E-state index in [4.69, 9.17) is 0 Å². The smallest absolute Gasteiger partial charge is 0 e. The molecule has 12 heavy (non-hydrogen) atoms. The predicted octanol–water partition coefficient (Wildman–Crippen LogP) is 4.89. The van der Waals surface area contributed by atoms with Crippen LogP contribution in [0.15, 0.2) is 0 Å². The third-order valence-electron chi connectivity index (χ3n) is 2.83. The van der Waals surface area contributed by atoms with E-state index in [0.29, 0.717) is 0 Å². The van der Waals surface area contributed by atoms with Crippen molar-refractivity contribution in [3.8, 4) is 0 Å². The van der Waals surface area contributed by atoms with Gasteiger partial charge in [-0.1, -0.05) is 66.2 Å². The van der Waals surface area contributed by atoms with E-state index in [-0.39, 0.29) is 1.43 Å². The van der Waals surface area contributed by atoms with Crippen LogP contribution >= 0.6 is 0 Å². The molecule has 0 aromatic carbocycles. The third kappa shape index (κ3) is 4.79. The molecule has 0 spiro atoms. The van der Waals surface area contributed by atoms with Gasteiger partial charge in [0.1, 0.15) is 0 Å². The van der Waals surface area contributed by atoms with Gasteiger partial charge >= 0.3 is 0 Å². The lowest BCUT2D eigenvalue weighted by Gasteiger charge is -2.25. The zero-order valence-corrected chi connectivity index (χ0v) is 9.40. The van der Waals surface area contributed by atoms with Crippen LogP contribution in [0.4, 0.5) is 0 Å². The van der Waals surface area contributed by atoms with Crippen molar-refractivity contribution in [1.82, 2.24) is 0 Å². The van der Waals surface area contributed by atoms with Gasteiger partial charge in [0.25, 0.3) is 0 Å². The Hall–Kier alpha value is 0. The maximum Gasteiger partial charge on any atom is 0 e. The van der Waals surface area contributed by atoms with Crippen LogP contribution in [-0.4, -0.2) is 0 Å². The number of hydrogen-bond donors (Lipinski definition) is 0. The second-order valence-corrected chi connectivity index (χ2v) is 3.91. The Labute approximate surface area is 80.2 Å². The highest BCUT2D eigenvalue weighted by Gasteiger charge is 2.16. The summed E-state index contributed by atoms with van der Waals surface area (Å²) in [6, 6.07) is 0. The highest BCUT2D eigenvalue weighted by atomic mass is 14.2. The Kier molecular flexibility index (Phi) is 7.64. The van der Waals surface area contributed by atoms with Crippen LogP contribution in [0.2, 0.25) is 0 Å². The molecule has 0 saturated heterocycles. The number of hydrogen-bond acceptors (Lipinski definition) is 0. The molecular weight excluding hydrogens is 144 g/mol. The van der Waals surface area contributed by atoms with Crippen LogP contribution in [0, 0.1) is 11.8 Å². The molecule has 0 aliphatic heterocycles. The van der Waals surface area contributed by atoms with Gasteiger partial charge in [-0.15, -0.1) is 0 Å². The van der Waals surface area contributed by atoms with E-state index < -0.39 is 0 Å². The van der Waals surface area contributed by atoms with Gasteiger partial charge in [0, 0.05) is 1.43 Å². The fourth-order valence-corrected chi connectivity index (χ4v) is 2.03. The largest absolute Gasteiger partial charge is 0.0683 e. The molecule has 76 valence electrons. The van der Waals surface area contributed by atoms with Crippen LogP contribution in [-0.2, 0) is 0 Å². The predicted molar refractivity (Wildman–Crippen MR) is 59.5 cm³/mol. The summed E-state index contributed by atoms with van der Waals surface area (Å²) in [6.45, 7) is 8.69. The van der Waals surface area contributed by atoms with Crippen molar-refractivity contribution in [2.24, 2.45) is 11.8 Å². The molecule has 1 aliphatic rings. The van der Waals surface area contributed by atoms with Gasteiger partial charge in [-0.3, -0.25) is 0 Å². The summed E-state index contributed by atoms with van der Waals surface area (Å²) in [5.41, 5.74) is 0. The van der Waals surface area contributed by atoms with E-state index >= 15 is 0 Å². The average molecular weight is 172 g/mol. The van der Waals surface area contributed by atoms with Gasteiger partial charge < -0.3 is 0 Å². The molecule has 0 radical (unpaired) electrons. The Morgan fingerprint density at radius 1 is 1.08 bits per heavy atom. The normalized spacial score (nSPS) is 29.0. The minimum absolute atomic E-state index is 0. The molecule has 0 amide bonds. The Bertz CT molecular complexity index is 83.1. The molecule has 0 aromatic heterocycles. The first-order valence-corrected chi connectivity index (χ1v) is 5.83. The maximum atomic E-state index is 2.39. The van der Waals surface area contributed by atoms with Crippen LogP contribution in [0.1, 0.15) is 67.6 Å². The van der Waals surface area contributed by atoms with Gasteiger partial charge in [0.2, 0.25) is 0 Å². The molecule has 0 heteroatoms. The zero-order valence-electron chi connectivity index (χ0n) is 9.40. The lowest BCUT2D eigenvalue weighted by atomic mass is 9.81. The molecule has 1 rings (SSSR count). The first-order valence-electron chi connectivity index (χ1n) is 5.83. The molecule has 0 atom stereocenters. The average Bonchev–Trinajstić information content (AvgIpc) is 2.13.